The van der Waals surface area contributed by atoms with Gasteiger partial charge in [0.2, 0.25) is 11.8 Å². The zero-order valence-corrected chi connectivity index (χ0v) is 11.5. The molecule has 1 aliphatic carbocycles. The van der Waals surface area contributed by atoms with E-state index >= 15 is 0 Å². The van der Waals surface area contributed by atoms with E-state index in [1.165, 1.54) is 0 Å². The van der Waals surface area contributed by atoms with Gasteiger partial charge in [-0.3, -0.25) is 9.59 Å². The Morgan fingerprint density at radius 3 is 2.40 bits per heavy atom. The number of carbonyl (C=O) groups is 2. The fourth-order valence-corrected chi connectivity index (χ4v) is 2.32. The van der Waals surface area contributed by atoms with E-state index in [9.17, 15) is 9.59 Å². The van der Waals surface area contributed by atoms with Crippen LogP contribution < -0.4 is 11.5 Å². The molecular formula is C15H19N3O2. The Hall–Kier alpha value is -2.14. The number of benzene rings is 1. The van der Waals surface area contributed by atoms with E-state index in [-0.39, 0.29) is 17.9 Å². The van der Waals surface area contributed by atoms with Crippen molar-refractivity contribution in [2.75, 3.05) is 7.05 Å². The predicted molar refractivity (Wildman–Crippen MR) is 76.7 cm³/mol. The second-order valence-corrected chi connectivity index (χ2v) is 5.15. The van der Waals surface area contributed by atoms with Crippen molar-refractivity contribution < 1.29 is 9.59 Å². The summed E-state index contributed by atoms with van der Waals surface area (Å²) >= 11 is 0. The summed E-state index contributed by atoms with van der Waals surface area (Å²) in [5, 5.41) is 0. The number of amides is 2. The number of nitrogens with zero attached hydrogens (tertiary/aromatic N) is 1. The van der Waals surface area contributed by atoms with E-state index in [0.717, 1.165) is 5.56 Å². The van der Waals surface area contributed by atoms with Crippen molar-refractivity contribution in [3.05, 3.63) is 47.5 Å². The molecule has 0 saturated carbocycles. The normalized spacial score (nSPS) is 20.9. The van der Waals surface area contributed by atoms with Crippen molar-refractivity contribution in [2.24, 2.45) is 17.4 Å². The van der Waals surface area contributed by atoms with E-state index in [4.69, 9.17) is 11.5 Å². The number of rotatable bonds is 4. The van der Waals surface area contributed by atoms with Gasteiger partial charge in [0.15, 0.2) is 0 Å². The van der Waals surface area contributed by atoms with E-state index in [1.807, 2.05) is 12.2 Å². The van der Waals surface area contributed by atoms with Crippen molar-refractivity contribution in [2.45, 2.75) is 19.0 Å². The van der Waals surface area contributed by atoms with Gasteiger partial charge in [0.1, 0.15) is 0 Å². The second kappa shape index (κ2) is 5.88. The number of nitrogens with two attached hydrogens (primary N) is 2. The molecular weight excluding hydrogens is 254 g/mol. The van der Waals surface area contributed by atoms with E-state index in [0.29, 0.717) is 18.5 Å². The quantitative estimate of drug-likeness (QED) is 0.789. The second-order valence-electron chi connectivity index (χ2n) is 5.15. The van der Waals surface area contributed by atoms with Gasteiger partial charge in [-0.05, 0) is 24.1 Å². The van der Waals surface area contributed by atoms with Crippen LogP contribution in [0.1, 0.15) is 22.3 Å². The first kappa shape index (κ1) is 14.3. The van der Waals surface area contributed by atoms with Gasteiger partial charge in [-0.15, -0.1) is 0 Å². The molecule has 1 aliphatic rings. The molecule has 0 aromatic heterocycles. The summed E-state index contributed by atoms with van der Waals surface area (Å²) in [6, 6.07) is 6.93. The molecule has 2 rings (SSSR count). The molecule has 0 radical (unpaired) electrons. The third-order valence-electron chi connectivity index (χ3n) is 3.47. The Kier molecular flexibility index (Phi) is 4.20. The predicted octanol–water partition coefficient (Wildman–Crippen LogP) is 0.647. The molecule has 5 nitrogen and oxygen atoms in total. The van der Waals surface area contributed by atoms with Crippen LogP contribution >= 0.6 is 0 Å². The van der Waals surface area contributed by atoms with Gasteiger partial charge in [-0.1, -0.05) is 24.3 Å². The average Bonchev–Trinajstić information content (AvgIpc) is 2.85. The van der Waals surface area contributed by atoms with E-state index in [1.54, 1.807) is 36.2 Å². The lowest BCUT2D eigenvalue weighted by molar-refractivity contribution is -0.133. The monoisotopic (exact) mass is 273 g/mol. The molecule has 2 amide bonds. The van der Waals surface area contributed by atoms with Gasteiger partial charge in [-0.2, -0.15) is 0 Å². The summed E-state index contributed by atoms with van der Waals surface area (Å²) in [7, 11) is 1.77. The van der Waals surface area contributed by atoms with Crippen LogP contribution in [0.25, 0.3) is 0 Å². The summed E-state index contributed by atoms with van der Waals surface area (Å²) in [6.07, 6.45) is 4.42. The van der Waals surface area contributed by atoms with Crippen LogP contribution in [0.3, 0.4) is 0 Å². The molecule has 1 aromatic rings. The fraction of sp³-hybridized carbons (Fsp3) is 0.333. The average molecular weight is 273 g/mol. The summed E-state index contributed by atoms with van der Waals surface area (Å²) in [6.45, 7) is 0.497. The first-order chi connectivity index (χ1) is 9.47. The number of hydrogen-bond donors (Lipinski definition) is 2. The molecule has 20 heavy (non-hydrogen) atoms. The lowest BCUT2D eigenvalue weighted by Gasteiger charge is -2.21. The Morgan fingerprint density at radius 1 is 1.25 bits per heavy atom. The third kappa shape index (κ3) is 3.24. The van der Waals surface area contributed by atoms with Gasteiger partial charge in [0, 0.05) is 25.2 Å². The Labute approximate surface area is 118 Å². The van der Waals surface area contributed by atoms with Crippen LogP contribution in [0.5, 0.6) is 0 Å². The molecule has 2 atom stereocenters. The molecule has 0 heterocycles. The van der Waals surface area contributed by atoms with Gasteiger partial charge >= 0.3 is 0 Å². The van der Waals surface area contributed by atoms with Crippen LogP contribution in [0.15, 0.2) is 36.4 Å². The summed E-state index contributed by atoms with van der Waals surface area (Å²) in [5.41, 5.74) is 12.4. The van der Waals surface area contributed by atoms with Crippen LogP contribution in [-0.2, 0) is 11.3 Å². The summed E-state index contributed by atoms with van der Waals surface area (Å²) in [5.74, 6) is -0.515. The molecule has 0 saturated heterocycles. The molecule has 0 spiro atoms. The smallest absolute Gasteiger partial charge is 0.248 e. The van der Waals surface area contributed by atoms with Gasteiger partial charge in [-0.25, -0.2) is 0 Å². The highest BCUT2D eigenvalue weighted by Crippen LogP contribution is 2.19. The van der Waals surface area contributed by atoms with Crippen molar-refractivity contribution in [3.8, 4) is 0 Å². The highest BCUT2D eigenvalue weighted by Gasteiger charge is 2.25. The minimum absolute atomic E-state index is 0.0211. The molecule has 0 aliphatic heterocycles. The van der Waals surface area contributed by atoms with Gasteiger partial charge in [0.05, 0.1) is 5.92 Å². The largest absolute Gasteiger partial charge is 0.366 e. The maximum Gasteiger partial charge on any atom is 0.248 e. The zero-order valence-electron chi connectivity index (χ0n) is 11.5. The first-order valence-electron chi connectivity index (χ1n) is 6.55. The summed E-state index contributed by atoms with van der Waals surface area (Å²) in [4.78, 5) is 24.9. The zero-order chi connectivity index (χ0) is 14.7. The van der Waals surface area contributed by atoms with Crippen LogP contribution in [-0.4, -0.2) is 29.8 Å². The van der Waals surface area contributed by atoms with Crippen LogP contribution in [0, 0.1) is 5.92 Å². The molecule has 0 fully saturated rings. The molecule has 2 unspecified atom stereocenters. The van der Waals surface area contributed by atoms with Gasteiger partial charge in [0.25, 0.3) is 0 Å². The first-order valence-corrected chi connectivity index (χ1v) is 6.55. The Morgan fingerprint density at radius 2 is 1.90 bits per heavy atom. The topological polar surface area (TPSA) is 89.4 Å². The number of hydrogen-bond acceptors (Lipinski definition) is 3. The molecule has 106 valence electrons. The number of carbonyl (C=O) groups excluding carboxylic acids is 2. The fourth-order valence-electron chi connectivity index (χ4n) is 2.32. The highest BCUT2D eigenvalue weighted by atomic mass is 16.2. The van der Waals surface area contributed by atoms with Crippen molar-refractivity contribution in [3.63, 3.8) is 0 Å². The Balaban J connectivity index is 1.97. The van der Waals surface area contributed by atoms with Gasteiger partial charge < -0.3 is 16.4 Å². The standard InChI is InChI=1S/C15H19N3O2/c1-18(15(20)12-6-7-13(16)8-12)9-10-2-4-11(5-3-10)14(17)19/h2-7,12-13H,8-9,16H2,1H3,(H2,17,19). The lowest BCUT2D eigenvalue weighted by atomic mass is 10.1. The molecule has 5 heteroatoms. The van der Waals surface area contributed by atoms with Crippen molar-refractivity contribution in [1.82, 2.24) is 4.90 Å². The molecule has 4 N–H and O–H groups in total. The van der Waals surface area contributed by atoms with Crippen LogP contribution in [0.4, 0.5) is 0 Å². The van der Waals surface area contributed by atoms with E-state index in [2.05, 4.69) is 0 Å². The molecule has 0 bridgehead atoms. The minimum atomic E-state index is -0.453. The summed E-state index contributed by atoms with van der Waals surface area (Å²) < 4.78 is 0. The Bertz CT molecular complexity index is 537. The van der Waals surface area contributed by atoms with Crippen molar-refractivity contribution >= 4 is 11.8 Å². The maximum atomic E-state index is 12.2. The van der Waals surface area contributed by atoms with Crippen molar-refractivity contribution in [1.29, 1.82) is 0 Å². The van der Waals surface area contributed by atoms with E-state index < -0.39 is 5.91 Å². The number of primary amides is 1. The molecule has 1 aromatic carbocycles. The SMILES string of the molecule is CN(Cc1ccc(C(N)=O)cc1)C(=O)C1C=CC(N)C1. The lowest BCUT2D eigenvalue weighted by Crippen LogP contribution is -2.32. The van der Waals surface area contributed by atoms with Crippen LogP contribution in [0.2, 0.25) is 0 Å². The minimum Gasteiger partial charge on any atom is -0.366 e. The maximum absolute atomic E-state index is 12.2. The third-order valence-corrected chi connectivity index (χ3v) is 3.47. The highest BCUT2D eigenvalue weighted by molar-refractivity contribution is 5.92.